The molecule has 0 aliphatic heterocycles. The summed E-state index contributed by atoms with van der Waals surface area (Å²) in [5, 5.41) is 0. The molecule has 2 aromatic rings. The van der Waals surface area contributed by atoms with Crippen LogP contribution in [-0.4, -0.2) is 19.9 Å². The van der Waals surface area contributed by atoms with Crippen LogP contribution in [0.4, 0.5) is 0 Å². The molecule has 2 aromatic carbocycles. The van der Waals surface area contributed by atoms with Gasteiger partial charge in [-0.3, -0.25) is 0 Å². The van der Waals surface area contributed by atoms with Crippen LogP contribution in [0.2, 0.25) is 0 Å². The highest BCUT2D eigenvalue weighted by Gasteiger charge is 2.13. The molecule has 0 saturated carbocycles. The van der Waals surface area contributed by atoms with Crippen LogP contribution in [0.1, 0.15) is 5.56 Å². The molecule has 0 aliphatic carbocycles. The maximum atomic E-state index is 12.2. The van der Waals surface area contributed by atoms with Gasteiger partial charge in [0.05, 0.1) is 10.6 Å². The summed E-state index contributed by atoms with van der Waals surface area (Å²) >= 11 is 4.87. The molecule has 0 N–H and O–H groups in total. The summed E-state index contributed by atoms with van der Waals surface area (Å²) in [6.45, 7) is 2.03. The Morgan fingerprint density at radius 2 is 1.80 bits per heavy atom. The van der Waals surface area contributed by atoms with Crippen molar-refractivity contribution in [2.45, 2.75) is 16.7 Å². The smallest absolute Gasteiger partial charge is 0.179 e. The summed E-state index contributed by atoms with van der Waals surface area (Å²) < 4.78 is 25.2. The van der Waals surface area contributed by atoms with Gasteiger partial charge in [-0.15, -0.1) is 11.8 Å². The topological polar surface area (TPSA) is 34.1 Å². The van der Waals surface area contributed by atoms with Gasteiger partial charge in [-0.05, 0) is 43.3 Å². The summed E-state index contributed by atoms with van der Waals surface area (Å²) in [4.78, 5) is 1.49. The minimum Gasteiger partial charge on any atom is -0.224 e. The Labute approximate surface area is 132 Å². The molecule has 0 aromatic heterocycles. The van der Waals surface area contributed by atoms with Gasteiger partial charge in [-0.1, -0.05) is 33.6 Å². The van der Waals surface area contributed by atoms with Gasteiger partial charge in [-0.2, -0.15) is 0 Å². The van der Waals surface area contributed by atoms with Crippen molar-refractivity contribution in [1.82, 2.24) is 0 Å². The second kappa shape index (κ2) is 6.78. The van der Waals surface area contributed by atoms with Crippen molar-refractivity contribution in [1.29, 1.82) is 0 Å². The number of hydrogen-bond acceptors (Lipinski definition) is 3. The second-order valence-electron chi connectivity index (χ2n) is 4.44. The third-order valence-corrected chi connectivity index (χ3v) is 6.30. The van der Waals surface area contributed by atoms with Gasteiger partial charge >= 0.3 is 0 Å². The lowest BCUT2D eigenvalue weighted by molar-refractivity contribution is 0.597. The Kier molecular flexibility index (Phi) is 5.29. The van der Waals surface area contributed by atoms with Crippen LogP contribution in [0.25, 0.3) is 0 Å². The fourth-order valence-electron chi connectivity index (χ4n) is 1.73. The maximum Gasteiger partial charge on any atom is 0.179 e. The molecular weight excluding hydrogens is 356 g/mol. The normalized spacial score (nSPS) is 11.5. The number of halogens is 1. The number of aryl methyl sites for hydroxylation is 1. The summed E-state index contributed by atoms with van der Waals surface area (Å²) in [5.74, 6) is 0.703. The van der Waals surface area contributed by atoms with Crippen molar-refractivity contribution in [3.05, 3.63) is 58.6 Å². The summed E-state index contributed by atoms with van der Waals surface area (Å²) in [5.41, 5.74) is 1.19. The van der Waals surface area contributed by atoms with E-state index in [-0.39, 0.29) is 5.75 Å². The van der Waals surface area contributed by atoms with Crippen LogP contribution in [-0.2, 0) is 9.84 Å². The third kappa shape index (κ3) is 4.36. The zero-order valence-electron chi connectivity index (χ0n) is 11.0. The number of benzene rings is 2. The van der Waals surface area contributed by atoms with E-state index in [1.54, 1.807) is 36.0 Å². The van der Waals surface area contributed by atoms with Crippen molar-refractivity contribution in [2.24, 2.45) is 0 Å². The van der Waals surface area contributed by atoms with Gasteiger partial charge in [0.1, 0.15) is 0 Å². The highest BCUT2D eigenvalue weighted by atomic mass is 79.9. The molecule has 0 radical (unpaired) electrons. The molecule has 2 nitrogen and oxygen atoms in total. The van der Waals surface area contributed by atoms with Crippen LogP contribution in [0.15, 0.2) is 62.8 Å². The van der Waals surface area contributed by atoms with Crippen LogP contribution in [0.5, 0.6) is 0 Å². The van der Waals surface area contributed by atoms with E-state index >= 15 is 0 Å². The average molecular weight is 371 g/mol. The first kappa shape index (κ1) is 15.6. The minimum absolute atomic E-state index is 0.146. The van der Waals surface area contributed by atoms with E-state index in [4.69, 9.17) is 0 Å². The highest BCUT2D eigenvalue weighted by Crippen LogP contribution is 2.21. The molecule has 106 valence electrons. The van der Waals surface area contributed by atoms with Gasteiger partial charge in [0.15, 0.2) is 9.84 Å². The molecule has 0 unspecified atom stereocenters. The molecule has 0 fully saturated rings. The molecule has 0 aliphatic rings. The maximum absolute atomic E-state index is 12.2. The van der Waals surface area contributed by atoms with Crippen LogP contribution < -0.4 is 0 Å². The van der Waals surface area contributed by atoms with Crippen molar-refractivity contribution in [2.75, 3.05) is 11.5 Å². The number of thioether (sulfide) groups is 1. The second-order valence-corrected chi connectivity index (χ2v) is 8.63. The molecule has 2 rings (SSSR count). The van der Waals surface area contributed by atoms with E-state index in [2.05, 4.69) is 22.0 Å². The van der Waals surface area contributed by atoms with Gasteiger partial charge in [0, 0.05) is 15.1 Å². The lowest BCUT2D eigenvalue weighted by atomic mass is 10.2. The SMILES string of the molecule is Cc1cccc(SCCS(=O)(=O)c2ccc(Br)cc2)c1. The highest BCUT2D eigenvalue weighted by molar-refractivity contribution is 9.10. The predicted molar refractivity (Wildman–Crippen MR) is 88.1 cm³/mol. The van der Waals surface area contributed by atoms with E-state index < -0.39 is 9.84 Å². The van der Waals surface area contributed by atoms with E-state index in [1.165, 1.54) is 5.56 Å². The van der Waals surface area contributed by atoms with Crippen molar-refractivity contribution in [3.8, 4) is 0 Å². The first-order valence-electron chi connectivity index (χ1n) is 6.15. The van der Waals surface area contributed by atoms with E-state index in [0.717, 1.165) is 9.37 Å². The molecule has 0 heterocycles. The standard InChI is InChI=1S/C15H15BrO2S2/c1-12-3-2-4-14(11-12)19-9-10-20(17,18)15-7-5-13(16)6-8-15/h2-8,11H,9-10H2,1H3. The Balaban J connectivity index is 1.98. The molecule has 5 heteroatoms. The Hall–Kier alpha value is -0.780. The Bertz CT molecular complexity index is 679. The predicted octanol–water partition coefficient (Wildman–Crippen LogP) is 4.32. The minimum atomic E-state index is -3.20. The lowest BCUT2D eigenvalue weighted by Crippen LogP contribution is -2.08. The molecule has 20 heavy (non-hydrogen) atoms. The molecule has 0 bridgehead atoms. The number of rotatable bonds is 5. The quantitative estimate of drug-likeness (QED) is 0.734. The first-order valence-corrected chi connectivity index (χ1v) is 9.58. The van der Waals surface area contributed by atoms with Crippen molar-refractivity contribution < 1.29 is 8.42 Å². The van der Waals surface area contributed by atoms with Crippen LogP contribution >= 0.6 is 27.7 Å². The van der Waals surface area contributed by atoms with E-state index in [1.807, 2.05) is 25.1 Å². The monoisotopic (exact) mass is 370 g/mol. The van der Waals surface area contributed by atoms with Crippen LogP contribution in [0.3, 0.4) is 0 Å². The molecule has 0 atom stereocenters. The van der Waals surface area contributed by atoms with Gasteiger partial charge in [-0.25, -0.2) is 8.42 Å². The zero-order chi connectivity index (χ0) is 14.6. The Morgan fingerprint density at radius 1 is 1.10 bits per heavy atom. The molecule has 0 amide bonds. The summed E-state index contributed by atoms with van der Waals surface area (Å²) in [6, 6.07) is 14.9. The molecule has 0 saturated heterocycles. The first-order chi connectivity index (χ1) is 9.47. The van der Waals surface area contributed by atoms with E-state index in [0.29, 0.717) is 10.6 Å². The zero-order valence-corrected chi connectivity index (χ0v) is 14.3. The largest absolute Gasteiger partial charge is 0.224 e. The number of sulfone groups is 1. The average Bonchev–Trinajstić information content (AvgIpc) is 2.39. The van der Waals surface area contributed by atoms with Gasteiger partial charge in [0.2, 0.25) is 0 Å². The van der Waals surface area contributed by atoms with Crippen LogP contribution in [0, 0.1) is 6.92 Å². The van der Waals surface area contributed by atoms with Gasteiger partial charge in [0.25, 0.3) is 0 Å². The van der Waals surface area contributed by atoms with Crippen molar-refractivity contribution >= 4 is 37.5 Å². The number of hydrogen-bond donors (Lipinski definition) is 0. The lowest BCUT2D eigenvalue weighted by Gasteiger charge is -2.05. The summed E-state index contributed by atoms with van der Waals surface area (Å²) in [7, 11) is -3.20. The summed E-state index contributed by atoms with van der Waals surface area (Å²) in [6.07, 6.45) is 0. The van der Waals surface area contributed by atoms with Crippen molar-refractivity contribution in [3.63, 3.8) is 0 Å². The Morgan fingerprint density at radius 3 is 2.45 bits per heavy atom. The fourth-order valence-corrected chi connectivity index (χ4v) is 4.68. The van der Waals surface area contributed by atoms with E-state index in [9.17, 15) is 8.42 Å². The molecule has 0 spiro atoms. The van der Waals surface area contributed by atoms with Gasteiger partial charge < -0.3 is 0 Å². The fraction of sp³-hybridized carbons (Fsp3) is 0.200. The molecular formula is C15H15BrO2S2. The third-order valence-electron chi connectivity index (χ3n) is 2.78.